The molecule has 3 heterocycles. The van der Waals surface area contributed by atoms with Crippen molar-refractivity contribution in [3.05, 3.63) is 32.8 Å². The number of aryl methyl sites for hydroxylation is 2. The van der Waals surface area contributed by atoms with E-state index in [1.165, 1.54) is 15.3 Å². The summed E-state index contributed by atoms with van der Waals surface area (Å²) in [4.78, 5) is 12.0. The third-order valence-electron chi connectivity index (χ3n) is 2.92. The average Bonchev–Trinajstić information content (AvgIpc) is 2.91. The Labute approximate surface area is 119 Å². The van der Waals surface area contributed by atoms with E-state index in [1.807, 2.05) is 0 Å². The van der Waals surface area contributed by atoms with Crippen molar-refractivity contribution in [2.24, 2.45) is 0 Å². The van der Waals surface area contributed by atoms with Gasteiger partial charge >= 0.3 is 0 Å². The second-order valence-electron chi connectivity index (χ2n) is 4.39. The standard InChI is InChI=1S/C13H14N4S2/c1-7-3-4-18-10(7)6-15-11-9-5-8(2)19-12(9)17-13(14)16-11/h3-5H,6H2,1-2H3,(H3,14,15,16,17). The third-order valence-corrected chi connectivity index (χ3v) is 4.89. The zero-order valence-corrected chi connectivity index (χ0v) is 12.4. The summed E-state index contributed by atoms with van der Waals surface area (Å²) in [6.45, 7) is 4.95. The summed E-state index contributed by atoms with van der Waals surface area (Å²) in [5.41, 5.74) is 7.06. The topological polar surface area (TPSA) is 63.8 Å². The summed E-state index contributed by atoms with van der Waals surface area (Å²) >= 11 is 3.39. The van der Waals surface area contributed by atoms with Gasteiger partial charge in [0, 0.05) is 9.75 Å². The van der Waals surface area contributed by atoms with Gasteiger partial charge in [0.2, 0.25) is 5.95 Å². The third kappa shape index (κ3) is 2.41. The van der Waals surface area contributed by atoms with Gasteiger partial charge in [0.05, 0.1) is 11.9 Å². The molecule has 3 aromatic heterocycles. The molecule has 0 saturated heterocycles. The Bertz CT molecular complexity index is 729. The minimum Gasteiger partial charge on any atom is -0.368 e. The van der Waals surface area contributed by atoms with Crippen molar-refractivity contribution < 1.29 is 0 Å². The number of aromatic nitrogens is 2. The Hall–Kier alpha value is -1.66. The van der Waals surface area contributed by atoms with Gasteiger partial charge in [-0.3, -0.25) is 0 Å². The molecule has 0 aliphatic carbocycles. The number of hydrogen-bond donors (Lipinski definition) is 2. The smallest absolute Gasteiger partial charge is 0.223 e. The number of hydrogen-bond acceptors (Lipinski definition) is 6. The fourth-order valence-corrected chi connectivity index (χ4v) is 3.67. The minimum atomic E-state index is 0.319. The predicted molar refractivity (Wildman–Crippen MR) is 82.9 cm³/mol. The second kappa shape index (κ2) is 4.79. The Morgan fingerprint density at radius 1 is 1.32 bits per heavy atom. The fourth-order valence-electron chi connectivity index (χ4n) is 1.94. The van der Waals surface area contributed by atoms with Crippen LogP contribution in [-0.2, 0) is 6.54 Å². The number of fused-ring (bicyclic) bond motifs is 1. The maximum absolute atomic E-state index is 5.76. The molecule has 0 aliphatic rings. The molecule has 0 bridgehead atoms. The number of nitrogens with zero attached hydrogens (tertiary/aromatic N) is 2. The Balaban J connectivity index is 1.94. The van der Waals surface area contributed by atoms with E-state index in [-0.39, 0.29) is 0 Å². The van der Waals surface area contributed by atoms with Gasteiger partial charge < -0.3 is 11.1 Å². The van der Waals surface area contributed by atoms with Crippen LogP contribution in [0, 0.1) is 13.8 Å². The molecular formula is C13H14N4S2. The molecule has 0 fully saturated rings. The lowest BCUT2D eigenvalue weighted by atomic mass is 10.3. The van der Waals surface area contributed by atoms with E-state index in [2.05, 4.69) is 46.6 Å². The molecule has 3 rings (SSSR count). The summed E-state index contributed by atoms with van der Waals surface area (Å²) in [7, 11) is 0. The van der Waals surface area contributed by atoms with Crippen LogP contribution in [0.4, 0.5) is 11.8 Å². The Morgan fingerprint density at radius 3 is 2.89 bits per heavy atom. The highest BCUT2D eigenvalue weighted by atomic mass is 32.1. The van der Waals surface area contributed by atoms with Crippen molar-refractivity contribution in [1.82, 2.24) is 9.97 Å². The van der Waals surface area contributed by atoms with E-state index in [0.717, 1.165) is 22.6 Å². The number of nitrogens with one attached hydrogen (secondary N) is 1. The number of thiophene rings is 2. The van der Waals surface area contributed by atoms with Crippen LogP contribution in [0.25, 0.3) is 10.2 Å². The lowest BCUT2D eigenvalue weighted by Crippen LogP contribution is -2.04. The van der Waals surface area contributed by atoms with E-state index < -0.39 is 0 Å². The molecule has 0 amide bonds. The SMILES string of the molecule is Cc1cc2c(NCc3sccc3C)nc(N)nc2s1. The average molecular weight is 290 g/mol. The number of nitrogen functional groups attached to an aromatic ring is 1. The van der Waals surface area contributed by atoms with Gasteiger partial charge in [0.15, 0.2) is 0 Å². The molecule has 0 spiro atoms. The molecular weight excluding hydrogens is 276 g/mol. The molecule has 3 aromatic rings. The van der Waals surface area contributed by atoms with Gasteiger partial charge in [-0.25, -0.2) is 4.98 Å². The maximum Gasteiger partial charge on any atom is 0.223 e. The second-order valence-corrected chi connectivity index (χ2v) is 6.62. The van der Waals surface area contributed by atoms with Crippen LogP contribution in [0.2, 0.25) is 0 Å². The number of rotatable bonds is 3. The molecule has 0 aliphatic heterocycles. The van der Waals surface area contributed by atoms with Gasteiger partial charge in [-0.1, -0.05) is 0 Å². The van der Waals surface area contributed by atoms with Gasteiger partial charge in [-0.15, -0.1) is 22.7 Å². The molecule has 4 nitrogen and oxygen atoms in total. The predicted octanol–water partition coefficient (Wildman–Crippen LogP) is 3.56. The Kier molecular flexibility index (Phi) is 3.12. The van der Waals surface area contributed by atoms with Crippen LogP contribution in [-0.4, -0.2) is 9.97 Å². The van der Waals surface area contributed by atoms with Crippen molar-refractivity contribution in [3.63, 3.8) is 0 Å². The van der Waals surface area contributed by atoms with E-state index in [4.69, 9.17) is 5.73 Å². The quantitative estimate of drug-likeness (QED) is 0.774. The molecule has 98 valence electrons. The first-order chi connectivity index (χ1) is 9.13. The summed E-state index contributed by atoms with van der Waals surface area (Å²) in [5, 5.41) is 6.52. The lowest BCUT2D eigenvalue weighted by Gasteiger charge is -2.06. The molecule has 0 saturated carbocycles. The van der Waals surface area contributed by atoms with Crippen LogP contribution < -0.4 is 11.1 Å². The highest BCUT2D eigenvalue weighted by Gasteiger charge is 2.09. The first kappa shape index (κ1) is 12.4. The van der Waals surface area contributed by atoms with Crippen molar-refractivity contribution in [3.8, 4) is 0 Å². The molecule has 0 radical (unpaired) electrons. The highest BCUT2D eigenvalue weighted by Crippen LogP contribution is 2.29. The molecule has 6 heteroatoms. The summed E-state index contributed by atoms with van der Waals surface area (Å²) in [6.07, 6.45) is 0. The molecule has 0 unspecified atom stereocenters. The van der Waals surface area contributed by atoms with Crippen molar-refractivity contribution in [1.29, 1.82) is 0 Å². The van der Waals surface area contributed by atoms with Gasteiger partial charge in [-0.2, -0.15) is 4.98 Å². The van der Waals surface area contributed by atoms with E-state index in [9.17, 15) is 0 Å². The van der Waals surface area contributed by atoms with E-state index in [1.54, 1.807) is 22.7 Å². The van der Waals surface area contributed by atoms with Crippen LogP contribution in [0.15, 0.2) is 17.5 Å². The molecule has 0 aromatic carbocycles. The monoisotopic (exact) mass is 290 g/mol. The first-order valence-electron chi connectivity index (χ1n) is 5.94. The minimum absolute atomic E-state index is 0.319. The van der Waals surface area contributed by atoms with Gasteiger partial charge in [0.25, 0.3) is 0 Å². The summed E-state index contributed by atoms with van der Waals surface area (Å²) in [5.74, 6) is 1.14. The Morgan fingerprint density at radius 2 is 2.16 bits per heavy atom. The van der Waals surface area contributed by atoms with Crippen LogP contribution in [0.5, 0.6) is 0 Å². The molecule has 3 N–H and O–H groups in total. The number of anilines is 2. The van der Waals surface area contributed by atoms with Gasteiger partial charge in [0.1, 0.15) is 10.6 Å². The summed E-state index contributed by atoms with van der Waals surface area (Å²) < 4.78 is 0. The highest BCUT2D eigenvalue weighted by molar-refractivity contribution is 7.18. The fraction of sp³-hybridized carbons (Fsp3) is 0.231. The molecule has 0 atom stereocenters. The van der Waals surface area contributed by atoms with Crippen molar-refractivity contribution in [2.75, 3.05) is 11.1 Å². The van der Waals surface area contributed by atoms with Crippen LogP contribution >= 0.6 is 22.7 Å². The molecule has 19 heavy (non-hydrogen) atoms. The maximum atomic E-state index is 5.76. The van der Waals surface area contributed by atoms with E-state index in [0.29, 0.717) is 5.95 Å². The van der Waals surface area contributed by atoms with Crippen molar-refractivity contribution in [2.45, 2.75) is 20.4 Å². The van der Waals surface area contributed by atoms with E-state index >= 15 is 0 Å². The van der Waals surface area contributed by atoms with Crippen molar-refractivity contribution >= 4 is 44.7 Å². The summed E-state index contributed by atoms with van der Waals surface area (Å²) in [6, 6.07) is 4.23. The largest absolute Gasteiger partial charge is 0.368 e. The van der Waals surface area contributed by atoms with Crippen LogP contribution in [0.1, 0.15) is 15.3 Å². The van der Waals surface area contributed by atoms with Crippen LogP contribution in [0.3, 0.4) is 0 Å². The normalized spacial score (nSPS) is 11.1. The first-order valence-corrected chi connectivity index (χ1v) is 7.63. The zero-order valence-electron chi connectivity index (χ0n) is 10.7. The zero-order chi connectivity index (χ0) is 13.4. The number of nitrogens with two attached hydrogens (primary N) is 1. The lowest BCUT2D eigenvalue weighted by molar-refractivity contribution is 1.12. The van der Waals surface area contributed by atoms with Gasteiger partial charge in [-0.05, 0) is 36.9 Å².